The number of nitrogens with one attached hydrogen (secondary N) is 1. The molecule has 1 heteroatoms. The molecule has 2 aromatic rings. The molecule has 0 heterocycles. The fourth-order valence-electron chi connectivity index (χ4n) is 3.02. The van der Waals surface area contributed by atoms with Gasteiger partial charge in [-0.15, -0.1) is 0 Å². The van der Waals surface area contributed by atoms with E-state index in [9.17, 15) is 0 Å². The molecule has 1 nitrogen and oxygen atoms in total. The van der Waals surface area contributed by atoms with E-state index in [1.165, 1.54) is 27.9 Å². The molecule has 0 fully saturated rings. The zero-order chi connectivity index (χ0) is 12.8. The third-order valence-electron chi connectivity index (χ3n) is 3.96. The third kappa shape index (κ3) is 1.47. The van der Waals surface area contributed by atoms with Crippen LogP contribution in [-0.4, -0.2) is 6.54 Å². The van der Waals surface area contributed by atoms with Crippen molar-refractivity contribution in [1.29, 1.82) is 0 Å². The lowest BCUT2D eigenvalue weighted by atomic mass is 9.82. The maximum atomic E-state index is 3.40. The standard InChI is InChI=1S/C17H19N/c1-4-18-12-9-10-14-13-7-5-6-8-15(13)17(2,3)16(14)11-12/h5-11,18H,4H2,1-3H3. The van der Waals surface area contributed by atoms with Crippen LogP contribution in [0.2, 0.25) is 0 Å². The molecule has 0 saturated carbocycles. The van der Waals surface area contributed by atoms with Gasteiger partial charge in [-0.05, 0) is 41.3 Å². The van der Waals surface area contributed by atoms with E-state index < -0.39 is 0 Å². The van der Waals surface area contributed by atoms with Gasteiger partial charge in [0.15, 0.2) is 0 Å². The van der Waals surface area contributed by atoms with Crippen LogP contribution >= 0.6 is 0 Å². The first-order valence-electron chi connectivity index (χ1n) is 6.63. The van der Waals surface area contributed by atoms with E-state index in [0.717, 1.165) is 6.54 Å². The first-order chi connectivity index (χ1) is 8.64. The Labute approximate surface area is 109 Å². The number of benzene rings is 2. The molecule has 0 saturated heterocycles. The summed E-state index contributed by atoms with van der Waals surface area (Å²) >= 11 is 0. The Kier molecular flexibility index (Phi) is 2.44. The normalized spacial score (nSPS) is 15.1. The lowest BCUT2D eigenvalue weighted by Gasteiger charge is -2.22. The molecule has 0 aromatic heterocycles. The van der Waals surface area contributed by atoms with Gasteiger partial charge in [-0.2, -0.15) is 0 Å². The minimum absolute atomic E-state index is 0.108. The molecule has 1 aliphatic carbocycles. The maximum Gasteiger partial charge on any atom is 0.0343 e. The van der Waals surface area contributed by atoms with Gasteiger partial charge in [0.1, 0.15) is 0 Å². The topological polar surface area (TPSA) is 12.0 Å². The van der Waals surface area contributed by atoms with Gasteiger partial charge in [-0.25, -0.2) is 0 Å². The van der Waals surface area contributed by atoms with Gasteiger partial charge in [0, 0.05) is 17.6 Å². The second-order valence-electron chi connectivity index (χ2n) is 5.46. The lowest BCUT2D eigenvalue weighted by molar-refractivity contribution is 0.660. The monoisotopic (exact) mass is 237 g/mol. The van der Waals surface area contributed by atoms with Gasteiger partial charge in [0.25, 0.3) is 0 Å². The highest BCUT2D eigenvalue weighted by atomic mass is 14.8. The Morgan fingerprint density at radius 3 is 2.44 bits per heavy atom. The summed E-state index contributed by atoms with van der Waals surface area (Å²) in [5.74, 6) is 0. The molecular formula is C17H19N. The van der Waals surface area contributed by atoms with E-state index in [-0.39, 0.29) is 5.41 Å². The van der Waals surface area contributed by atoms with E-state index >= 15 is 0 Å². The molecular weight excluding hydrogens is 218 g/mol. The molecule has 1 N–H and O–H groups in total. The van der Waals surface area contributed by atoms with E-state index in [1.807, 2.05) is 0 Å². The van der Waals surface area contributed by atoms with E-state index in [1.54, 1.807) is 0 Å². The Balaban J connectivity index is 2.22. The summed E-state index contributed by atoms with van der Waals surface area (Å²) < 4.78 is 0. The average molecular weight is 237 g/mol. The Hall–Kier alpha value is -1.76. The van der Waals surface area contributed by atoms with Crippen molar-refractivity contribution in [3.8, 4) is 11.1 Å². The predicted molar refractivity (Wildman–Crippen MR) is 78.2 cm³/mol. The summed E-state index contributed by atoms with van der Waals surface area (Å²) in [6.45, 7) is 7.72. The highest BCUT2D eigenvalue weighted by Gasteiger charge is 2.34. The van der Waals surface area contributed by atoms with Crippen LogP contribution in [0.4, 0.5) is 5.69 Å². The van der Waals surface area contributed by atoms with Gasteiger partial charge in [-0.1, -0.05) is 44.2 Å². The van der Waals surface area contributed by atoms with Crippen LogP contribution in [0.1, 0.15) is 31.9 Å². The van der Waals surface area contributed by atoms with Crippen molar-refractivity contribution in [1.82, 2.24) is 0 Å². The second-order valence-corrected chi connectivity index (χ2v) is 5.46. The van der Waals surface area contributed by atoms with Crippen LogP contribution in [0, 0.1) is 0 Å². The summed E-state index contributed by atoms with van der Waals surface area (Å²) in [4.78, 5) is 0. The fourth-order valence-corrected chi connectivity index (χ4v) is 3.02. The summed E-state index contributed by atoms with van der Waals surface area (Å²) in [6.07, 6.45) is 0. The number of hydrogen-bond donors (Lipinski definition) is 1. The molecule has 0 bridgehead atoms. The number of fused-ring (bicyclic) bond motifs is 3. The Bertz CT molecular complexity index is 596. The smallest absolute Gasteiger partial charge is 0.0343 e. The molecule has 92 valence electrons. The van der Waals surface area contributed by atoms with Gasteiger partial charge < -0.3 is 5.32 Å². The third-order valence-corrected chi connectivity index (χ3v) is 3.96. The molecule has 3 rings (SSSR count). The molecule has 18 heavy (non-hydrogen) atoms. The van der Waals surface area contributed by atoms with Gasteiger partial charge >= 0.3 is 0 Å². The van der Waals surface area contributed by atoms with E-state index in [2.05, 4.69) is 68.6 Å². The zero-order valence-electron chi connectivity index (χ0n) is 11.2. The molecule has 0 atom stereocenters. The van der Waals surface area contributed by atoms with Crippen LogP contribution in [0.3, 0.4) is 0 Å². The van der Waals surface area contributed by atoms with Crippen LogP contribution < -0.4 is 5.32 Å². The minimum atomic E-state index is 0.108. The quantitative estimate of drug-likeness (QED) is 0.815. The van der Waals surface area contributed by atoms with Crippen molar-refractivity contribution in [3.05, 3.63) is 53.6 Å². The largest absolute Gasteiger partial charge is 0.385 e. The Morgan fingerprint density at radius 2 is 1.67 bits per heavy atom. The Morgan fingerprint density at radius 1 is 0.944 bits per heavy atom. The molecule has 0 aliphatic heterocycles. The van der Waals surface area contributed by atoms with Gasteiger partial charge in [0.05, 0.1) is 0 Å². The zero-order valence-corrected chi connectivity index (χ0v) is 11.2. The van der Waals surface area contributed by atoms with Crippen molar-refractivity contribution in [2.24, 2.45) is 0 Å². The first kappa shape index (κ1) is 11.3. The van der Waals surface area contributed by atoms with Crippen molar-refractivity contribution in [2.45, 2.75) is 26.2 Å². The average Bonchev–Trinajstić information content (AvgIpc) is 2.60. The van der Waals surface area contributed by atoms with Crippen LogP contribution in [0.5, 0.6) is 0 Å². The first-order valence-corrected chi connectivity index (χ1v) is 6.63. The van der Waals surface area contributed by atoms with Crippen LogP contribution in [0.25, 0.3) is 11.1 Å². The number of anilines is 1. The van der Waals surface area contributed by atoms with Crippen LogP contribution in [0.15, 0.2) is 42.5 Å². The molecule has 0 spiro atoms. The predicted octanol–water partition coefficient (Wildman–Crippen LogP) is 4.42. The summed E-state index contributed by atoms with van der Waals surface area (Å²) in [7, 11) is 0. The summed E-state index contributed by atoms with van der Waals surface area (Å²) in [5, 5.41) is 3.40. The van der Waals surface area contributed by atoms with E-state index in [4.69, 9.17) is 0 Å². The second kappa shape index (κ2) is 3.88. The van der Waals surface area contributed by atoms with Gasteiger partial charge in [0.2, 0.25) is 0 Å². The lowest BCUT2D eigenvalue weighted by Crippen LogP contribution is -2.15. The van der Waals surface area contributed by atoms with Crippen molar-refractivity contribution >= 4 is 5.69 Å². The molecule has 0 radical (unpaired) electrons. The van der Waals surface area contributed by atoms with Crippen molar-refractivity contribution in [3.63, 3.8) is 0 Å². The number of rotatable bonds is 2. The molecule has 1 aliphatic rings. The fraction of sp³-hybridized carbons (Fsp3) is 0.294. The highest BCUT2D eigenvalue weighted by molar-refractivity contribution is 5.82. The van der Waals surface area contributed by atoms with Gasteiger partial charge in [-0.3, -0.25) is 0 Å². The minimum Gasteiger partial charge on any atom is -0.385 e. The van der Waals surface area contributed by atoms with E-state index in [0.29, 0.717) is 0 Å². The van der Waals surface area contributed by atoms with Crippen LogP contribution in [-0.2, 0) is 5.41 Å². The van der Waals surface area contributed by atoms with Crippen molar-refractivity contribution in [2.75, 3.05) is 11.9 Å². The maximum absolute atomic E-state index is 3.40. The molecule has 0 unspecified atom stereocenters. The highest BCUT2D eigenvalue weighted by Crippen LogP contribution is 2.49. The summed E-state index contributed by atoms with van der Waals surface area (Å²) in [6, 6.07) is 15.5. The molecule has 0 amide bonds. The summed E-state index contributed by atoms with van der Waals surface area (Å²) in [5.41, 5.74) is 6.97. The van der Waals surface area contributed by atoms with Crippen molar-refractivity contribution < 1.29 is 0 Å². The number of hydrogen-bond acceptors (Lipinski definition) is 1. The molecule has 2 aromatic carbocycles. The SMILES string of the molecule is CCNc1ccc2c(c1)C(C)(C)c1ccccc1-2.